The Morgan fingerprint density at radius 2 is 1.37 bits per heavy atom. The van der Waals surface area contributed by atoms with E-state index in [1.165, 1.54) is 12.1 Å². The van der Waals surface area contributed by atoms with Crippen molar-refractivity contribution in [2.45, 2.75) is 83.3 Å². The van der Waals surface area contributed by atoms with Gasteiger partial charge < -0.3 is 31.9 Å². The number of amides is 4. The number of nitrogens with one attached hydrogen (secondary N) is 3. The zero-order valence-corrected chi connectivity index (χ0v) is 24.4. The van der Waals surface area contributed by atoms with Crippen LogP contribution in [0.25, 0.3) is 10.8 Å². The molecular weight excluding hydrogens is 556 g/mol. The molecule has 232 valence electrons. The molecule has 1 aliphatic rings. The third-order valence-electron chi connectivity index (χ3n) is 7.66. The molecule has 0 aromatic heterocycles. The van der Waals surface area contributed by atoms with Crippen LogP contribution in [0.2, 0.25) is 0 Å². The Bertz CT molecular complexity index is 1370. The number of carbonyl (C=O) groups is 6. The number of nitrogens with two attached hydrogens (primary N) is 1. The first-order chi connectivity index (χ1) is 20.3. The molecule has 43 heavy (non-hydrogen) atoms. The molecule has 1 aliphatic carbocycles. The fourth-order valence-electron chi connectivity index (χ4n) is 5.47. The highest BCUT2D eigenvalue weighted by Gasteiger charge is 2.33. The highest BCUT2D eigenvalue weighted by atomic mass is 16.4. The van der Waals surface area contributed by atoms with Gasteiger partial charge in [-0.25, -0.2) is 4.79 Å². The van der Waals surface area contributed by atoms with E-state index in [1.807, 2.05) is 13.8 Å². The number of carbonyl (C=O) groups excluding carboxylic acids is 4. The molecule has 4 amide bonds. The molecule has 0 heterocycles. The average molecular weight is 597 g/mol. The van der Waals surface area contributed by atoms with Crippen molar-refractivity contribution < 1.29 is 39.0 Å². The zero-order chi connectivity index (χ0) is 31.7. The van der Waals surface area contributed by atoms with E-state index in [0.29, 0.717) is 10.8 Å². The first kappa shape index (κ1) is 33.0. The summed E-state index contributed by atoms with van der Waals surface area (Å²) in [7, 11) is 0. The molecule has 12 nitrogen and oxygen atoms in total. The number of hydrogen-bond donors (Lipinski definition) is 6. The quantitative estimate of drug-likeness (QED) is 0.191. The van der Waals surface area contributed by atoms with Crippen molar-refractivity contribution in [2.75, 3.05) is 0 Å². The lowest BCUT2D eigenvalue weighted by Gasteiger charge is -2.28. The van der Waals surface area contributed by atoms with E-state index in [4.69, 9.17) is 5.73 Å². The lowest BCUT2D eigenvalue weighted by molar-refractivity contribution is -0.141. The molecule has 7 N–H and O–H groups in total. The lowest BCUT2D eigenvalue weighted by atomic mass is 9.84. The predicted octanol–water partition coefficient (Wildman–Crippen LogP) is 2.58. The van der Waals surface area contributed by atoms with Gasteiger partial charge in [0.1, 0.15) is 18.1 Å². The summed E-state index contributed by atoms with van der Waals surface area (Å²) in [5.41, 5.74) is 5.05. The summed E-state index contributed by atoms with van der Waals surface area (Å²) >= 11 is 0. The largest absolute Gasteiger partial charge is 0.481 e. The molecule has 0 bridgehead atoms. The fraction of sp³-hybridized carbons (Fsp3) is 0.484. The van der Waals surface area contributed by atoms with Gasteiger partial charge in [0, 0.05) is 0 Å². The molecule has 0 spiro atoms. The summed E-state index contributed by atoms with van der Waals surface area (Å²) in [6, 6.07) is 5.98. The number of carboxylic acid groups (broad SMARTS) is 2. The van der Waals surface area contributed by atoms with Crippen molar-refractivity contribution in [2.24, 2.45) is 17.6 Å². The Hall–Kier alpha value is -4.48. The number of primary amides is 1. The van der Waals surface area contributed by atoms with E-state index >= 15 is 0 Å². The topological polar surface area (TPSA) is 205 Å². The third-order valence-corrected chi connectivity index (χ3v) is 7.66. The number of benzene rings is 2. The van der Waals surface area contributed by atoms with E-state index in [2.05, 4.69) is 16.0 Å². The van der Waals surface area contributed by atoms with Gasteiger partial charge in [-0.1, -0.05) is 70.2 Å². The van der Waals surface area contributed by atoms with Crippen LogP contribution in [0.15, 0.2) is 36.4 Å². The van der Waals surface area contributed by atoms with Gasteiger partial charge in [-0.15, -0.1) is 0 Å². The summed E-state index contributed by atoms with van der Waals surface area (Å²) in [5, 5.41) is 28.1. The first-order valence-corrected chi connectivity index (χ1v) is 14.5. The Morgan fingerprint density at radius 3 is 1.91 bits per heavy atom. The van der Waals surface area contributed by atoms with Crippen LogP contribution in [0.3, 0.4) is 0 Å². The van der Waals surface area contributed by atoms with Gasteiger partial charge in [0.25, 0.3) is 5.91 Å². The molecule has 2 aromatic rings. The zero-order valence-electron chi connectivity index (χ0n) is 24.4. The maximum Gasteiger partial charge on any atom is 0.336 e. The smallest absolute Gasteiger partial charge is 0.336 e. The van der Waals surface area contributed by atoms with Crippen molar-refractivity contribution in [3.63, 3.8) is 0 Å². The Kier molecular flexibility index (Phi) is 11.6. The number of aliphatic carboxylic acids is 1. The second-order valence-corrected chi connectivity index (χ2v) is 11.6. The highest BCUT2D eigenvalue weighted by Crippen LogP contribution is 2.28. The van der Waals surface area contributed by atoms with Gasteiger partial charge >= 0.3 is 11.9 Å². The molecule has 0 saturated heterocycles. The second-order valence-electron chi connectivity index (χ2n) is 11.6. The Balaban J connectivity index is 1.88. The van der Waals surface area contributed by atoms with Gasteiger partial charge in [0.2, 0.25) is 17.7 Å². The van der Waals surface area contributed by atoms with Gasteiger partial charge in [-0.05, 0) is 47.6 Å². The van der Waals surface area contributed by atoms with Gasteiger partial charge in [0.05, 0.1) is 17.5 Å². The second kappa shape index (κ2) is 15.1. The standard InChI is InChI=1S/C31H40N4O8/c1-17(2)12-23(27(32)38)33-30(41)25(16-26(36)37)35-29(40)24(13-18-8-4-3-5-9-18)34-28(39)21-14-19-10-6-7-11-20(19)15-22(21)31(42)43/h6-7,10-11,14-15,17-18,23-25H,3-5,8-9,12-13,16H2,1-2H3,(H2,32,38)(H,33,41)(H,34,39)(H,35,40)(H,36,37)(H,42,43)/t23-,24-,25-/m0/s1. The van der Waals surface area contributed by atoms with E-state index < -0.39 is 60.1 Å². The van der Waals surface area contributed by atoms with Crippen LogP contribution in [-0.4, -0.2) is 63.9 Å². The monoisotopic (exact) mass is 596 g/mol. The van der Waals surface area contributed by atoms with Gasteiger partial charge in [0.15, 0.2) is 0 Å². The molecule has 0 aliphatic heterocycles. The van der Waals surface area contributed by atoms with Crippen LogP contribution < -0.4 is 21.7 Å². The normalized spacial score (nSPS) is 15.7. The van der Waals surface area contributed by atoms with Crippen LogP contribution in [0, 0.1) is 11.8 Å². The minimum absolute atomic E-state index is 0.00815. The molecule has 3 atom stereocenters. The van der Waals surface area contributed by atoms with Crippen LogP contribution in [0.1, 0.15) is 85.9 Å². The third kappa shape index (κ3) is 9.52. The van der Waals surface area contributed by atoms with Crippen molar-refractivity contribution >= 4 is 46.3 Å². The Labute approximate surface area is 249 Å². The summed E-state index contributed by atoms with van der Waals surface area (Å²) in [6.45, 7) is 3.64. The maximum absolute atomic E-state index is 13.6. The number of carboxylic acids is 2. The number of hydrogen-bond acceptors (Lipinski definition) is 6. The molecule has 1 fully saturated rings. The molecule has 0 unspecified atom stereocenters. The van der Waals surface area contributed by atoms with Crippen LogP contribution in [-0.2, 0) is 19.2 Å². The van der Waals surface area contributed by atoms with Crippen molar-refractivity contribution in [1.29, 1.82) is 0 Å². The molecule has 12 heteroatoms. The molecule has 3 rings (SSSR count). The van der Waals surface area contributed by atoms with Crippen LogP contribution in [0.5, 0.6) is 0 Å². The van der Waals surface area contributed by atoms with E-state index in [0.717, 1.165) is 32.1 Å². The highest BCUT2D eigenvalue weighted by molar-refractivity contribution is 6.09. The summed E-state index contributed by atoms with van der Waals surface area (Å²) in [4.78, 5) is 75.7. The predicted molar refractivity (Wildman–Crippen MR) is 158 cm³/mol. The fourth-order valence-corrected chi connectivity index (χ4v) is 5.47. The molecule has 0 radical (unpaired) electrons. The number of aromatic carboxylic acids is 1. The summed E-state index contributed by atoms with van der Waals surface area (Å²) in [5.74, 6) is -5.88. The van der Waals surface area contributed by atoms with E-state index in [9.17, 15) is 39.0 Å². The van der Waals surface area contributed by atoms with Gasteiger partial charge in [-0.2, -0.15) is 0 Å². The SMILES string of the molecule is CC(C)C[C@H](NC(=O)[C@H](CC(=O)O)NC(=O)[C@H](CC1CCCCC1)NC(=O)c1cc2ccccc2cc1C(=O)O)C(N)=O. The minimum atomic E-state index is -1.56. The lowest BCUT2D eigenvalue weighted by Crippen LogP contribution is -2.57. The van der Waals surface area contributed by atoms with Crippen molar-refractivity contribution in [1.82, 2.24) is 16.0 Å². The molecule has 2 aromatic carbocycles. The van der Waals surface area contributed by atoms with Crippen molar-refractivity contribution in [3.8, 4) is 0 Å². The maximum atomic E-state index is 13.6. The minimum Gasteiger partial charge on any atom is -0.481 e. The summed E-state index contributed by atoms with van der Waals surface area (Å²) < 4.78 is 0. The number of rotatable bonds is 14. The van der Waals surface area contributed by atoms with Crippen molar-refractivity contribution in [3.05, 3.63) is 47.5 Å². The van der Waals surface area contributed by atoms with Gasteiger partial charge in [-0.3, -0.25) is 24.0 Å². The molecular formula is C31H40N4O8. The molecule has 1 saturated carbocycles. The average Bonchev–Trinajstić information content (AvgIpc) is 2.95. The van der Waals surface area contributed by atoms with Crippen LogP contribution in [0.4, 0.5) is 0 Å². The first-order valence-electron chi connectivity index (χ1n) is 14.5. The Morgan fingerprint density at radius 1 is 0.814 bits per heavy atom. The number of fused-ring (bicyclic) bond motifs is 1. The van der Waals surface area contributed by atoms with Crippen LogP contribution >= 0.6 is 0 Å². The van der Waals surface area contributed by atoms with E-state index in [1.54, 1.807) is 24.3 Å². The summed E-state index contributed by atoms with van der Waals surface area (Å²) in [6.07, 6.45) is 4.26. The van der Waals surface area contributed by atoms with E-state index in [-0.39, 0.29) is 35.8 Å².